The van der Waals surface area contributed by atoms with Crippen LogP contribution in [0.3, 0.4) is 0 Å². The molecular formula is C11H13Br2N3S. The molecule has 17 heavy (non-hydrogen) atoms. The van der Waals surface area contributed by atoms with Crippen LogP contribution in [0.5, 0.6) is 0 Å². The second-order valence-electron chi connectivity index (χ2n) is 3.73. The van der Waals surface area contributed by atoms with Gasteiger partial charge in [0.1, 0.15) is 0 Å². The Bertz CT molecular complexity index is 487. The van der Waals surface area contributed by atoms with Gasteiger partial charge < -0.3 is 5.73 Å². The number of aromatic nitrogens is 2. The van der Waals surface area contributed by atoms with Crippen LogP contribution >= 0.6 is 43.2 Å². The molecule has 6 heteroatoms. The molecule has 0 saturated heterocycles. The largest absolute Gasteiger partial charge is 0.318 e. The lowest BCUT2D eigenvalue weighted by Crippen LogP contribution is -2.16. The number of nitrogens with two attached hydrogens (primary N) is 1. The Balaban J connectivity index is 2.29. The van der Waals surface area contributed by atoms with Gasteiger partial charge in [-0.2, -0.15) is 5.10 Å². The minimum atomic E-state index is -0.114. The van der Waals surface area contributed by atoms with Crippen molar-refractivity contribution in [3.8, 4) is 0 Å². The Morgan fingerprint density at radius 3 is 2.88 bits per heavy atom. The Labute approximate surface area is 121 Å². The lowest BCUT2D eigenvalue weighted by Gasteiger charge is -2.12. The Hall–Kier alpha value is -0.170. The van der Waals surface area contributed by atoms with E-state index in [4.69, 9.17) is 5.73 Å². The van der Waals surface area contributed by atoms with Crippen LogP contribution in [0.25, 0.3) is 0 Å². The first-order valence-electron chi connectivity index (χ1n) is 5.35. The van der Waals surface area contributed by atoms with Crippen molar-refractivity contribution in [2.45, 2.75) is 25.9 Å². The van der Waals surface area contributed by atoms with Crippen molar-refractivity contribution in [2.75, 3.05) is 0 Å². The fraction of sp³-hybridized carbons (Fsp3) is 0.364. The van der Waals surface area contributed by atoms with Crippen LogP contribution in [0.4, 0.5) is 0 Å². The van der Waals surface area contributed by atoms with E-state index in [9.17, 15) is 0 Å². The molecule has 0 aliphatic rings. The van der Waals surface area contributed by atoms with E-state index in [1.54, 1.807) is 11.3 Å². The van der Waals surface area contributed by atoms with Crippen LogP contribution < -0.4 is 5.73 Å². The summed E-state index contributed by atoms with van der Waals surface area (Å²) in [5.74, 6) is 0. The lowest BCUT2D eigenvalue weighted by atomic mass is 10.2. The zero-order valence-electron chi connectivity index (χ0n) is 9.36. The van der Waals surface area contributed by atoms with Gasteiger partial charge in [0, 0.05) is 22.1 Å². The third-order valence-corrected chi connectivity index (χ3v) is 5.81. The molecule has 0 aromatic carbocycles. The second-order valence-corrected chi connectivity index (χ2v) is 6.98. The molecule has 0 amide bonds. The number of thiophene rings is 1. The first kappa shape index (κ1) is 13.3. The third kappa shape index (κ3) is 2.81. The van der Waals surface area contributed by atoms with Crippen LogP contribution in [-0.4, -0.2) is 9.78 Å². The van der Waals surface area contributed by atoms with Gasteiger partial charge in [-0.25, -0.2) is 0 Å². The zero-order valence-corrected chi connectivity index (χ0v) is 13.3. The molecule has 92 valence electrons. The molecule has 2 heterocycles. The van der Waals surface area contributed by atoms with E-state index < -0.39 is 0 Å². The summed E-state index contributed by atoms with van der Waals surface area (Å²) in [4.78, 5) is 1.13. The third-order valence-electron chi connectivity index (χ3n) is 2.47. The SMILES string of the molecule is CCCn1nccc1C(N)c1cc(Br)c(Br)s1. The van der Waals surface area contributed by atoms with Gasteiger partial charge in [0.15, 0.2) is 0 Å². The fourth-order valence-corrected chi connectivity index (χ4v) is 3.77. The standard InChI is InChI=1S/C11H13Br2N3S/c1-2-5-16-8(3-4-15-16)10(14)9-6-7(12)11(13)17-9/h3-4,6,10H,2,5,14H2,1H3. The van der Waals surface area contributed by atoms with Gasteiger partial charge in [-0.3, -0.25) is 4.68 Å². The van der Waals surface area contributed by atoms with Crippen LogP contribution in [-0.2, 0) is 6.54 Å². The monoisotopic (exact) mass is 377 g/mol. The van der Waals surface area contributed by atoms with Crippen LogP contribution in [0.15, 0.2) is 26.6 Å². The first-order valence-corrected chi connectivity index (χ1v) is 7.75. The summed E-state index contributed by atoms with van der Waals surface area (Å²) in [5, 5.41) is 4.30. The van der Waals surface area contributed by atoms with Gasteiger partial charge in [0.2, 0.25) is 0 Å². The number of hydrogen-bond donors (Lipinski definition) is 1. The summed E-state index contributed by atoms with van der Waals surface area (Å²) in [6.07, 6.45) is 2.86. The second kappa shape index (κ2) is 5.65. The van der Waals surface area contributed by atoms with E-state index >= 15 is 0 Å². The van der Waals surface area contributed by atoms with Gasteiger partial charge in [-0.05, 0) is 50.4 Å². The number of rotatable bonds is 4. The number of hydrogen-bond acceptors (Lipinski definition) is 3. The number of halogens is 2. The molecule has 0 radical (unpaired) electrons. The highest BCUT2D eigenvalue weighted by Crippen LogP contribution is 2.36. The highest BCUT2D eigenvalue weighted by molar-refractivity contribution is 9.13. The van der Waals surface area contributed by atoms with E-state index in [0.717, 1.165) is 31.8 Å². The average Bonchev–Trinajstić information content (AvgIpc) is 2.87. The molecule has 2 aromatic rings. The first-order chi connectivity index (χ1) is 8.13. The maximum atomic E-state index is 6.28. The average molecular weight is 379 g/mol. The summed E-state index contributed by atoms with van der Waals surface area (Å²) >= 11 is 8.62. The summed E-state index contributed by atoms with van der Waals surface area (Å²) in [6, 6.07) is 3.93. The molecule has 2 aromatic heterocycles. The van der Waals surface area contributed by atoms with Crippen molar-refractivity contribution in [3.63, 3.8) is 0 Å². The van der Waals surface area contributed by atoms with Crippen molar-refractivity contribution in [2.24, 2.45) is 5.73 Å². The van der Waals surface area contributed by atoms with E-state index in [2.05, 4.69) is 49.9 Å². The minimum absolute atomic E-state index is 0.114. The van der Waals surface area contributed by atoms with Crippen molar-refractivity contribution in [1.82, 2.24) is 9.78 Å². The van der Waals surface area contributed by atoms with Crippen LogP contribution in [0, 0.1) is 0 Å². The maximum Gasteiger partial charge on any atom is 0.0843 e. The summed E-state index contributed by atoms with van der Waals surface area (Å²) < 4.78 is 4.10. The fourth-order valence-electron chi connectivity index (χ4n) is 1.67. The highest BCUT2D eigenvalue weighted by atomic mass is 79.9. The molecule has 0 saturated carbocycles. The Morgan fingerprint density at radius 2 is 2.29 bits per heavy atom. The van der Waals surface area contributed by atoms with E-state index in [-0.39, 0.29) is 6.04 Å². The Morgan fingerprint density at radius 1 is 1.53 bits per heavy atom. The van der Waals surface area contributed by atoms with Gasteiger partial charge in [0.05, 0.1) is 15.5 Å². The summed E-state index contributed by atoms with van der Waals surface area (Å²) in [5.41, 5.74) is 7.35. The van der Waals surface area contributed by atoms with Crippen LogP contribution in [0.2, 0.25) is 0 Å². The van der Waals surface area contributed by atoms with Gasteiger partial charge in [-0.1, -0.05) is 6.92 Å². The molecule has 2 rings (SSSR count). The molecule has 2 N–H and O–H groups in total. The van der Waals surface area contributed by atoms with Crippen molar-refractivity contribution < 1.29 is 0 Å². The molecule has 1 atom stereocenters. The molecule has 0 bridgehead atoms. The zero-order chi connectivity index (χ0) is 12.4. The number of nitrogens with zero attached hydrogens (tertiary/aromatic N) is 2. The summed E-state index contributed by atoms with van der Waals surface area (Å²) in [7, 11) is 0. The quantitative estimate of drug-likeness (QED) is 0.875. The predicted molar refractivity (Wildman–Crippen MR) is 78.3 cm³/mol. The molecule has 3 nitrogen and oxygen atoms in total. The normalized spacial score (nSPS) is 12.9. The van der Waals surface area contributed by atoms with Gasteiger partial charge >= 0.3 is 0 Å². The molecular weight excluding hydrogens is 366 g/mol. The highest BCUT2D eigenvalue weighted by Gasteiger charge is 2.17. The smallest absolute Gasteiger partial charge is 0.0843 e. The molecule has 0 fully saturated rings. The minimum Gasteiger partial charge on any atom is -0.318 e. The summed E-state index contributed by atoms with van der Waals surface area (Å²) in [6.45, 7) is 3.04. The lowest BCUT2D eigenvalue weighted by molar-refractivity contribution is 0.561. The van der Waals surface area contributed by atoms with Crippen molar-refractivity contribution in [3.05, 3.63) is 37.2 Å². The molecule has 0 aliphatic carbocycles. The predicted octanol–water partition coefficient (Wildman–Crippen LogP) is 3.93. The topological polar surface area (TPSA) is 43.8 Å². The van der Waals surface area contributed by atoms with E-state index in [0.29, 0.717) is 0 Å². The van der Waals surface area contributed by atoms with Crippen molar-refractivity contribution in [1.29, 1.82) is 0 Å². The van der Waals surface area contributed by atoms with Gasteiger partial charge in [-0.15, -0.1) is 11.3 Å². The van der Waals surface area contributed by atoms with Crippen LogP contribution in [0.1, 0.15) is 30.0 Å². The molecule has 0 spiro atoms. The molecule has 1 unspecified atom stereocenters. The van der Waals surface area contributed by atoms with E-state index in [1.807, 2.05) is 16.9 Å². The van der Waals surface area contributed by atoms with Gasteiger partial charge in [0.25, 0.3) is 0 Å². The Kier molecular flexibility index (Phi) is 4.41. The maximum absolute atomic E-state index is 6.28. The van der Waals surface area contributed by atoms with Crippen molar-refractivity contribution >= 4 is 43.2 Å². The van der Waals surface area contributed by atoms with E-state index in [1.165, 1.54) is 0 Å². The number of aryl methyl sites for hydroxylation is 1. The molecule has 0 aliphatic heterocycles.